The Labute approximate surface area is 188 Å². The number of rotatable bonds is 7. The van der Waals surface area contributed by atoms with Gasteiger partial charge in [0.1, 0.15) is 11.5 Å². The molecule has 3 heterocycles. The summed E-state index contributed by atoms with van der Waals surface area (Å²) >= 11 is 1.47. The van der Waals surface area contributed by atoms with Crippen LogP contribution in [0.4, 0.5) is 0 Å². The number of ether oxygens (including phenoxy) is 1. The van der Waals surface area contributed by atoms with Crippen molar-refractivity contribution in [1.82, 2.24) is 24.9 Å². The van der Waals surface area contributed by atoms with Crippen LogP contribution in [0, 0.1) is 6.92 Å². The van der Waals surface area contributed by atoms with Crippen LogP contribution in [-0.4, -0.2) is 32.0 Å². The van der Waals surface area contributed by atoms with Crippen LogP contribution in [0.5, 0.6) is 5.75 Å². The molecule has 3 aromatic heterocycles. The summed E-state index contributed by atoms with van der Waals surface area (Å²) in [6.45, 7) is 1.91. The van der Waals surface area contributed by atoms with E-state index in [1.165, 1.54) is 11.8 Å². The third kappa shape index (κ3) is 3.78. The second-order valence-corrected chi connectivity index (χ2v) is 7.81. The molecule has 5 aromatic rings. The molecule has 0 saturated heterocycles. The number of nitrogens with zero attached hydrogens (tertiary/aromatic N) is 5. The van der Waals surface area contributed by atoms with E-state index < -0.39 is 0 Å². The molecule has 9 heteroatoms. The molecule has 32 heavy (non-hydrogen) atoms. The van der Waals surface area contributed by atoms with Gasteiger partial charge in [0.2, 0.25) is 11.7 Å². The SMILES string of the molecule is COc1ccccc1-c1noc(CSc2nnc(-c3ccoc3C)n2-c2ccccc2)n1. The van der Waals surface area contributed by atoms with E-state index in [2.05, 4.69) is 20.3 Å². The van der Waals surface area contributed by atoms with Gasteiger partial charge in [0.05, 0.1) is 30.3 Å². The summed E-state index contributed by atoms with van der Waals surface area (Å²) in [5.74, 6) is 3.60. The number of aryl methyl sites for hydroxylation is 1. The second kappa shape index (κ2) is 8.72. The molecule has 160 valence electrons. The van der Waals surface area contributed by atoms with Gasteiger partial charge >= 0.3 is 0 Å². The molecule has 8 nitrogen and oxygen atoms in total. The van der Waals surface area contributed by atoms with E-state index >= 15 is 0 Å². The topological polar surface area (TPSA) is 92.0 Å². The maximum Gasteiger partial charge on any atom is 0.237 e. The fourth-order valence-corrected chi connectivity index (χ4v) is 4.13. The number of methoxy groups -OCH3 is 1. The maximum atomic E-state index is 5.48. The smallest absolute Gasteiger partial charge is 0.237 e. The Hall–Kier alpha value is -3.85. The zero-order valence-corrected chi connectivity index (χ0v) is 18.2. The van der Waals surface area contributed by atoms with Gasteiger partial charge in [-0.3, -0.25) is 4.57 Å². The van der Waals surface area contributed by atoms with E-state index in [0.29, 0.717) is 34.2 Å². The van der Waals surface area contributed by atoms with Crippen molar-refractivity contribution in [3.8, 4) is 34.2 Å². The van der Waals surface area contributed by atoms with Gasteiger partial charge in [0, 0.05) is 5.69 Å². The minimum atomic E-state index is 0.442. The van der Waals surface area contributed by atoms with Gasteiger partial charge in [-0.1, -0.05) is 47.3 Å². The van der Waals surface area contributed by atoms with Crippen molar-refractivity contribution in [2.45, 2.75) is 17.8 Å². The van der Waals surface area contributed by atoms with Crippen LogP contribution >= 0.6 is 11.8 Å². The summed E-state index contributed by atoms with van der Waals surface area (Å²) in [6, 6.07) is 19.4. The number of furan rings is 1. The standard InChI is InChI=1S/C23H19N5O3S/c1-15-17(12-13-30-15)22-25-26-23(28(22)16-8-4-3-5-9-16)32-14-20-24-21(27-31-20)18-10-6-7-11-19(18)29-2/h3-13H,14H2,1-2H3. The highest BCUT2D eigenvalue weighted by atomic mass is 32.2. The molecule has 0 amide bonds. The normalized spacial score (nSPS) is 11.1. The van der Waals surface area contributed by atoms with Crippen molar-refractivity contribution in [1.29, 1.82) is 0 Å². The molecule has 0 saturated carbocycles. The van der Waals surface area contributed by atoms with Gasteiger partial charge in [0.25, 0.3) is 0 Å². The molecule has 0 fully saturated rings. The molecule has 0 spiro atoms. The number of para-hydroxylation sites is 2. The quantitative estimate of drug-likeness (QED) is 0.316. The first-order valence-electron chi connectivity index (χ1n) is 9.88. The number of aromatic nitrogens is 5. The van der Waals surface area contributed by atoms with Crippen LogP contribution in [-0.2, 0) is 5.75 Å². The molecule has 0 unspecified atom stereocenters. The number of benzene rings is 2. The first-order chi connectivity index (χ1) is 15.7. The summed E-state index contributed by atoms with van der Waals surface area (Å²) in [7, 11) is 1.62. The first-order valence-corrected chi connectivity index (χ1v) is 10.9. The highest BCUT2D eigenvalue weighted by molar-refractivity contribution is 7.98. The summed E-state index contributed by atoms with van der Waals surface area (Å²) in [6.07, 6.45) is 1.65. The van der Waals surface area contributed by atoms with Crippen molar-refractivity contribution in [2.75, 3.05) is 7.11 Å². The van der Waals surface area contributed by atoms with Crippen molar-refractivity contribution >= 4 is 11.8 Å². The third-order valence-electron chi connectivity index (χ3n) is 4.89. The Morgan fingerprint density at radius 3 is 2.56 bits per heavy atom. The summed E-state index contributed by atoms with van der Waals surface area (Å²) in [5, 5.41) is 13.7. The highest BCUT2D eigenvalue weighted by Crippen LogP contribution is 2.32. The van der Waals surface area contributed by atoms with E-state index in [1.807, 2.05) is 72.2 Å². The van der Waals surface area contributed by atoms with Gasteiger partial charge in [-0.05, 0) is 37.3 Å². The van der Waals surface area contributed by atoms with Gasteiger partial charge in [-0.25, -0.2) is 0 Å². The molecule has 0 aliphatic rings. The second-order valence-electron chi connectivity index (χ2n) is 6.87. The Bertz CT molecular complexity index is 1340. The molecular weight excluding hydrogens is 426 g/mol. The Morgan fingerprint density at radius 1 is 0.969 bits per heavy atom. The van der Waals surface area contributed by atoms with Crippen LogP contribution in [0.25, 0.3) is 28.5 Å². The fourth-order valence-electron chi connectivity index (χ4n) is 3.34. The lowest BCUT2D eigenvalue weighted by atomic mass is 10.2. The molecule has 2 aromatic carbocycles. The van der Waals surface area contributed by atoms with Gasteiger partial charge in [-0.15, -0.1) is 10.2 Å². The highest BCUT2D eigenvalue weighted by Gasteiger charge is 2.20. The summed E-state index contributed by atoms with van der Waals surface area (Å²) < 4.78 is 18.3. The summed E-state index contributed by atoms with van der Waals surface area (Å²) in [5.41, 5.74) is 2.63. The number of hydrogen-bond acceptors (Lipinski definition) is 8. The summed E-state index contributed by atoms with van der Waals surface area (Å²) in [4.78, 5) is 4.53. The molecule has 0 bridgehead atoms. The van der Waals surface area contributed by atoms with E-state index in [4.69, 9.17) is 13.7 Å². The molecule has 0 atom stereocenters. The van der Waals surface area contributed by atoms with E-state index in [0.717, 1.165) is 22.6 Å². The fraction of sp³-hybridized carbons (Fsp3) is 0.130. The van der Waals surface area contributed by atoms with E-state index in [-0.39, 0.29) is 0 Å². The maximum absolute atomic E-state index is 5.48. The molecule has 0 aliphatic carbocycles. The molecule has 0 N–H and O–H groups in total. The first kappa shape index (κ1) is 20.1. The van der Waals surface area contributed by atoms with Crippen LogP contribution in [0.3, 0.4) is 0 Å². The minimum absolute atomic E-state index is 0.442. The van der Waals surface area contributed by atoms with Gasteiger partial charge in [0.15, 0.2) is 11.0 Å². The van der Waals surface area contributed by atoms with Gasteiger partial charge in [-0.2, -0.15) is 4.98 Å². The Balaban J connectivity index is 1.44. The zero-order chi connectivity index (χ0) is 21.9. The Morgan fingerprint density at radius 2 is 1.78 bits per heavy atom. The van der Waals surface area contributed by atoms with Crippen molar-refractivity contribution in [3.05, 3.63) is 78.6 Å². The van der Waals surface area contributed by atoms with E-state index in [9.17, 15) is 0 Å². The lowest BCUT2D eigenvalue weighted by Crippen LogP contribution is -1.99. The van der Waals surface area contributed by atoms with Crippen LogP contribution in [0.1, 0.15) is 11.7 Å². The zero-order valence-electron chi connectivity index (χ0n) is 17.4. The van der Waals surface area contributed by atoms with Crippen molar-refractivity contribution < 1.29 is 13.7 Å². The minimum Gasteiger partial charge on any atom is -0.496 e. The molecular formula is C23H19N5O3S. The molecule has 0 aliphatic heterocycles. The predicted octanol–water partition coefficient (Wildman–Crippen LogP) is 5.19. The monoisotopic (exact) mass is 445 g/mol. The number of thioether (sulfide) groups is 1. The van der Waals surface area contributed by atoms with Crippen molar-refractivity contribution in [2.24, 2.45) is 0 Å². The molecule has 5 rings (SSSR count). The van der Waals surface area contributed by atoms with Gasteiger partial charge < -0.3 is 13.7 Å². The van der Waals surface area contributed by atoms with Crippen LogP contribution in [0.2, 0.25) is 0 Å². The van der Waals surface area contributed by atoms with Crippen molar-refractivity contribution in [3.63, 3.8) is 0 Å². The molecule has 0 radical (unpaired) electrons. The van der Waals surface area contributed by atoms with E-state index in [1.54, 1.807) is 13.4 Å². The lowest BCUT2D eigenvalue weighted by molar-refractivity contribution is 0.390. The Kier molecular flexibility index (Phi) is 5.47. The van der Waals surface area contributed by atoms with Crippen LogP contribution < -0.4 is 4.74 Å². The number of hydrogen-bond donors (Lipinski definition) is 0. The average Bonchev–Trinajstić information content (AvgIpc) is 3.57. The third-order valence-corrected chi connectivity index (χ3v) is 5.80. The lowest BCUT2D eigenvalue weighted by Gasteiger charge is -2.09. The average molecular weight is 446 g/mol. The largest absolute Gasteiger partial charge is 0.496 e. The predicted molar refractivity (Wildman–Crippen MR) is 120 cm³/mol. The van der Waals surface area contributed by atoms with Crippen LogP contribution in [0.15, 0.2) is 81.0 Å².